The van der Waals surface area contributed by atoms with Crippen molar-refractivity contribution in [3.63, 3.8) is 0 Å². The molecule has 1 aromatic carbocycles. The number of amides is 1. The standard InChI is InChI=1S/C12H14BrClFNO3S/c1-12(2,3)6-16-11(17)7-4-10(20(14,18)19)8(13)5-9(7)15/h4-5H,6H2,1-3H3,(H,16,17). The van der Waals surface area contributed by atoms with Gasteiger partial charge in [-0.3, -0.25) is 4.79 Å². The van der Waals surface area contributed by atoms with Crippen molar-refractivity contribution in [3.8, 4) is 0 Å². The van der Waals surface area contributed by atoms with E-state index < -0.39 is 20.8 Å². The number of nitrogens with one attached hydrogen (secondary N) is 1. The van der Waals surface area contributed by atoms with Crippen molar-refractivity contribution in [2.75, 3.05) is 6.54 Å². The van der Waals surface area contributed by atoms with Crippen molar-refractivity contribution in [1.29, 1.82) is 0 Å². The van der Waals surface area contributed by atoms with Crippen molar-refractivity contribution >= 4 is 41.6 Å². The smallest absolute Gasteiger partial charge is 0.262 e. The summed E-state index contributed by atoms with van der Waals surface area (Å²) < 4.78 is 36.4. The Bertz CT molecular complexity index is 641. The molecule has 1 amide bonds. The van der Waals surface area contributed by atoms with Crippen molar-refractivity contribution in [2.45, 2.75) is 25.7 Å². The zero-order chi connectivity index (χ0) is 15.7. The van der Waals surface area contributed by atoms with Crippen LogP contribution in [0.4, 0.5) is 4.39 Å². The maximum atomic E-state index is 13.8. The van der Waals surface area contributed by atoms with Crippen LogP contribution in [0.3, 0.4) is 0 Å². The van der Waals surface area contributed by atoms with E-state index in [1.54, 1.807) is 0 Å². The van der Waals surface area contributed by atoms with Crippen molar-refractivity contribution in [1.82, 2.24) is 5.32 Å². The van der Waals surface area contributed by atoms with Gasteiger partial charge in [-0.15, -0.1) is 0 Å². The van der Waals surface area contributed by atoms with Crippen LogP contribution in [-0.4, -0.2) is 20.9 Å². The molecule has 0 aliphatic heterocycles. The van der Waals surface area contributed by atoms with Gasteiger partial charge in [0, 0.05) is 21.7 Å². The average Bonchev–Trinajstić information content (AvgIpc) is 2.23. The molecule has 0 atom stereocenters. The monoisotopic (exact) mass is 385 g/mol. The molecule has 1 aromatic rings. The van der Waals surface area contributed by atoms with E-state index in [4.69, 9.17) is 10.7 Å². The molecule has 0 aromatic heterocycles. The first-order valence-electron chi connectivity index (χ1n) is 5.64. The highest BCUT2D eigenvalue weighted by Crippen LogP contribution is 2.28. The van der Waals surface area contributed by atoms with E-state index >= 15 is 0 Å². The Morgan fingerprint density at radius 2 is 1.95 bits per heavy atom. The van der Waals surface area contributed by atoms with Gasteiger partial charge in [-0.05, 0) is 33.5 Å². The van der Waals surface area contributed by atoms with Gasteiger partial charge in [0.15, 0.2) is 0 Å². The topological polar surface area (TPSA) is 63.2 Å². The van der Waals surface area contributed by atoms with E-state index in [2.05, 4.69) is 21.2 Å². The van der Waals surface area contributed by atoms with Crippen molar-refractivity contribution in [2.24, 2.45) is 5.41 Å². The molecule has 4 nitrogen and oxygen atoms in total. The lowest BCUT2D eigenvalue weighted by atomic mass is 9.97. The van der Waals surface area contributed by atoms with Gasteiger partial charge in [-0.1, -0.05) is 20.8 Å². The molecule has 0 saturated carbocycles. The fourth-order valence-corrected chi connectivity index (χ4v) is 3.50. The Morgan fingerprint density at radius 3 is 2.40 bits per heavy atom. The summed E-state index contributed by atoms with van der Waals surface area (Å²) in [7, 11) is 1.16. The fraction of sp³-hybridized carbons (Fsp3) is 0.417. The van der Waals surface area contributed by atoms with Crippen LogP contribution in [-0.2, 0) is 9.05 Å². The molecule has 1 rings (SSSR count). The Kier molecular flexibility index (Phi) is 5.21. The van der Waals surface area contributed by atoms with Gasteiger partial charge in [-0.25, -0.2) is 12.8 Å². The van der Waals surface area contributed by atoms with E-state index in [1.165, 1.54) is 0 Å². The minimum absolute atomic E-state index is 0.0302. The lowest BCUT2D eigenvalue weighted by Gasteiger charge is -2.19. The van der Waals surface area contributed by atoms with Crippen molar-refractivity contribution < 1.29 is 17.6 Å². The molecule has 1 N–H and O–H groups in total. The number of carbonyl (C=O) groups is 1. The predicted molar refractivity (Wildman–Crippen MR) is 78.9 cm³/mol. The minimum atomic E-state index is -4.07. The molecule has 112 valence electrons. The number of halogens is 3. The highest BCUT2D eigenvalue weighted by molar-refractivity contribution is 9.10. The van der Waals surface area contributed by atoms with Crippen LogP contribution in [0.15, 0.2) is 21.5 Å². The molecular weight excluding hydrogens is 373 g/mol. The summed E-state index contributed by atoms with van der Waals surface area (Å²) in [5.41, 5.74) is -0.542. The van der Waals surface area contributed by atoms with Gasteiger partial charge >= 0.3 is 0 Å². The molecule has 0 heterocycles. The van der Waals surface area contributed by atoms with E-state index in [0.29, 0.717) is 6.54 Å². The van der Waals surface area contributed by atoms with Crippen LogP contribution >= 0.6 is 26.6 Å². The summed E-state index contributed by atoms with van der Waals surface area (Å²) in [6.45, 7) is 6.03. The summed E-state index contributed by atoms with van der Waals surface area (Å²) in [4.78, 5) is 11.6. The third-order valence-electron chi connectivity index (χ3n) is 2.31. The first-order chi connectivity index (χ1) is 8.92. The van der Waals surface area contributed by atoms with Gasteiger partial charge in [0.1, 0.15) is 5.82 Å². The Morgan fingerprint density at radius 1 is 1.40 bits per heavy atom. The predicted octanol–water partition coefficient (Wildman–Crippen LogP) is 3.29. The SMILES string of the molecule is CC(C)(C)CNC(=O)c1cc(S(=O)(=O)Cl)c(Br)cc1F. The Labute approximate surface area is 130 Å². The lowest BCUT2D eigenvalue weighted by Crippen LogP contribution is -2.32. The molecule has 0 radical (unpaired) electrons. The van der Waals surface area contributed by atoms with Crippen LogP contribution in [0.1, 0.15) is 31.1 Å². The van der Waals surface area contributed by atoms with Gasteiger partial charge in [0.05, 0.1) is 10.5 Å². The first kappa shape index (κ1) is 17.4. The molecular formula is C12H14BrClFNO3S. The molecule has 0 aliphatic rings. The number of hydrogen-bond acceptors (Lipinski definition) is 3. The first-order valence-corrected chi connectivity index (χ1v) is 8.74. The zero-order valence-corrected chi connectivity index (χ0v) is 14.3. The van der Waals surface area contributed by atoms with Crippen LogP contribution in [0, 0.1) is 11.2 Å². The molecule has 0 unspecified atom stereocenters. The lowest BCUT2D eigenvalue weighted by molar-refractivity contribution is 0.0935. The van der Waals surface area contributed by atoms with E-state index in [0.717, 1.165) is 12.1 Å². The van der Waals surface area contributed by atoms with Crippen LogP contribution in [0.5, 0.6) is 0 Å². The second-order valence-corrected chi connectivity index (χ2v) is 8.83. The number of benzene rings is 1. The molecule has 8 heteroatoms. The molecule has 0 fully saturated rings. The zero-order valence-electron chi connectivity index (χ0n) is 11.1. The van der Waals surface area contributed by atoms with E-state index in [1.807, 2.05) is 20.8 Å². The summed E-state index contributed by atoms with van der Waals surface area (Å²) in [5.74, 6) is -1.51. The maximum Gasteiger partial charge on any atom is 0.262 e. The maximum absolute atomic E-state index is 13.8. The quantitative estimate of drug-likeness (QED) is 0.811. The van der Waals surface area contributed by atoms with Gasteiger partial charge in [-0.2, -0.15) is 0 Å². The van der Waals surface area contributed by atoms with Crippen LogP contribution in [0.2, 0.25) is 0 Å². The Balaban J connectivity index is 3.16. The van der Waals surface area contributed by atoms with Gasteiger partial charge in [0.25, 0.3) is 15.0 Å². The van der Waals surface area contributed by atoms with Gasteiger partial charge in [0.2, 0.25) is 0 Å². The van der Waals surface area contributed by atoms with Crippen LogP contribution in [0.25, 0.3) is 0 Å². The van der Waals surface area contributed by atoms with Crippen molar-refractivity contribution in [3.05, 3.63) is 28.0 Å². The molecule has 0 bridgehead atoms. The highest BCUT2D eigenvalue weighted by Gasteiger charge is 2.22. The van der Waals surface area contributed by atoms with Gasteiger partial charge < -0.3 is 5.32 Å². The fourth-order valence-electron chi connectivity index (χ4n) is 1.33. The minimum Gasteiger partial charge on any atom is -0.351 e. The number of hydrogen-bond donors (Lipinski definition) is 1. The number of carbonyl (C=O) groups excluding carboxylic acids is 1. The largest absolute Gasteiger partial charge is 0.351 e. The Hall–Kier alpha value is -0.660. The van der Waals surface area contributed by atoms with E-state index in [-0.39, 0.29) is 20.3 Å². The number of rotatable bonds is 3. The normalized spacial score (nSPS) is 12.3. The second-order valence-electron chi connectivity index (χ2n) is 5.44. The molecule has 0 aliphatic carbocycles. The molecule has 20 heavy (non-hydrogen) atoms. The molecule has 0 saturated heterocycles. The second kappa shape index (κ2) is 5.99. The molecule has 0 spiro atoms. The summed E-state index contributed by atoms with van der Waals surface area (Å²) >= 11 is 2.90. The summed E-state index contributed by atoms with van der Waals surface area (Å²) in [5, 5.41) is 2.55. The summed E-state index contributed by atoms with van der Waals surface area (Å²) in [6, 6.07) is 1.82. The van der Waals surface area contributed by atoms with Crippen LogP contribution < -0.4 is 5.32 Å². The third-order valence-corrected chi connectivity index (χ3v) is 4.59. The van der Waals surface area contributed by atoms with E-state index in [9.17, 15) is 17.6 Å². The summed E-state index contributed by atoms with van der Waals surface area (Å²) in [6.07, 6.45) is 0. The average molecular weight is 387 g/mol. The third kappa shape index (κ3) is 4.71. The highest BCUT2D eigenvalue weighted by atomic mass is 79.9.